The molecule has 0 bridgehead atoms. The molecule has 0 saturated carbocycles. The molecular weight excluding hydrogens is 360 g/mol. The molecule has 2 aliphatic heterocycles. The van der Waals surface area contributed by atoms with Gasteiger partial charge in [0, 0.05) is 49.5 Å². The highest BCUT2D eigenvalue weighted by atomic mass is 16.6. The number of cyclic esters (lactones) is 1. The summed E-state index contributed by atoms with van der Waals surface area (Å²) >= 11 is 0. The number of rotatable bonds is 4. The van der Waals surface area contributed by atoms with Crippen LogP contribution in [0.3, 0.4) is 0 Å². The zero-order valence-electron chi connectivity index (χ0n) is 16.2. The molecule has 2 amide bonds. The minimum atomic E-state index is -0.363. The third-order valence-electron chi connectivity index (χ3n) is 5.39. The van der Waals surface area contributed by atoms with Crippen LogP contribution in [-0.4, -0.2) is 66.3 Å². The van der Waals surface area contributed by atoms with E-state index in [1.807, 2.05) is 30.9 Å². The minimum absolute atomic E-state index is 0.00796. The van der Waals surface area contributed by atoms with E-state index in [2.05, 4.69) is 10.1 Å². The zero-order chi connectivity index (χ0) is 19.7. The fourth-order valence-electron chi connectivity index (χ4n) is 3.68. The van der Waals surface area contributed by atoms with E-state index in [0.717, 1.165) is 36.7 Å². The Balaban J connectivity index is 1.38. The molecule has 2 saturated heterocycles. The van der Waals surface area contributed by atoms with Crippen LogP contribution in [0.5, 0.6) is 0 Å². The molecule has 0 aliphatic carbocycles. The van der Waals surface area contributed by atoms with Gasteiger partial charge in [0.15, 0.2) is 0 Å². The SMILES string of the molecule is Cc1noc(C)c1CN1CCN(C(=O)c2cccc(N3CCOC3=O)c2)CC1. The van der Waals surface area contributed by atoms with E-state index in [0.29, 0.717) is 37.5 Å². The van der Waals surface area contributed by atoms with E-state index in [1.165, 1.54) is 0 Å². The van der Waals surface area contributed by atoms with E-state index in [9.17, 15) is 9.59 Å². The highest BCUT2D eigenvalue weighted by Gasteiger charge is 2.26. The van der Waals surface area contributed by atoms with Crippen molar-refractivity contribution in [1.29, 1.82) is 0 Å². The number of amides is 2. The van der Waals surface area contributed by atoms with Crippen LogP contribution in [0.25, 0.3) is 0 Å². The summed E-state index contributed by atoms with van der Waals surface area (Å²) in [5.41, 5.74) is 3.35. The number of benzene rings is 1. The quantitative estimate of drug-likeness (QED) is 0.804. The van der Waals surface area contributed by atoms with Crippen LogP contribution in [0, 0.1) is 13.8 Å². The number of carbonyl (C=O) groups excluding carboxylic acids is 2. The Bertz CT molecular complexity index is 867. The normalized spacial score (nSPS) is 17.9. The van der Waals surface area contributed by atoms with Gasteiger partial charge in [0.1, 0.15) is 12.4 Å². The van der Waals surface area contributed by atoms with Crippen LogP contribution < -0.4 is 4.90 Å². The summed E-state index contributed by atoms with van der Waals surface area (Å²) < 4.78 is 10.2. The number of aryl methyl sites for hydroxylation is 2. The maximum Gasteiger partial charge on any atom is 0.414 e. The van der Waals surface area contributed by atoms with Crippen molar-refractivity contribution in [2.75, 3.05) is 44.2 Å². The third kappa shape index (κ3) is 3.60. The smallest absolute Gasteiger partial charge is 0.414 e. The molecule has 28 heavy (non-hydrogen) atoms. The molecule has 0 spiro atoms. The Kier molecular flexibility index (Phi) is 5.04. The maximum absolute atomic E-state index is 12.9. The third-order valence-corrected chi connectivity index (χ3v) is 5.39. The fraction of sp³-hybridized carbons (Fsp3) is 0.450. The molecule has 3 heterocycles. The van der Waals surface area contributed by atoms with Crippen molar-refractivity contribution < 1.29 is 18.8 Å². The molecular formula is C20H24N4O4. The zero-order valence-corrected chi connectivity index (χ0v) is 16.2. The van der Waals surface area contributed by atoms with Crippen LogP contribution >= 0.6 is 0 Å². The first-order valence-corrected chi connectivity index (χ1v) is 9.50. The summed E-state index contributed by atoms with van der Waals surface area (Å²) in [6.45, 7) is 8.49. The molecule has 0 atom stereocenters. The number of hydrogen-bond donors (Lipinski definition) is 0. The molecule has 0 unspecified atom stereocenters. The van der Waals surface area contributed by atoms with Crippen molar-refractivity contribution >= 4 is 17.7 Å². The summed E-state index contributed by atoms with van der Waals surface area (Å²) in [5.74, 6) is 0.847. The van der Waals surface area contributed by atoms with Gasteiger partial charge in [-0.25, -0.2) is 4.79 Å². The largest absolute Gasteiger partial charge is 0.447 e. The lowest BCUT2D eigenvalue weighted by atomic mass is 10.1. The molecule has 1 aromatic carbocycles. The number of hydrogen-bond acceptors (Lipinski definition) is 6. The number of aromatic nitrogens is 1. The van der Waals surface area contributed by atoms with Crippen molar-refractivity contribution in [3.63, 3.8) is 0 Å². The monoisotopic (exact) mass is 384 g/mol. The van der Waals surface area contributed by atoms with Crippen molar-refractivity contribution in [3.05, 3.63) is 46.8 Å². The highest BCUT2D eigenvalue weighted by Crippen LogP contribution is 2.22. The summed E-state index contributed by atoms with van der Waals surface area (Å²) in [6.07, 6.45) is -0.363. The Morgan fingerprint density at radius 3 is 2.57 bits per heavy atom. The van der Waals surface area contributed by atoms with Crippen molar-refractivity contribution in [1.82, 2.24) is 15.0 Å². The average molecular weight is 384 g/mol. The number of anilines is 1. The van der Waals surface area contributed by atoms with Gasteiger partial charge in [0.25, 0.3) is 5.91 Å². The van der Waals surface area contributed by atoms with Gasteiger partial charge in [0.05, 0.1) is 12.2 Å². The molecule has 0 radical (unpaired) electrons. The molecule has 0 N–H and O–H groups in total. The Labute approximate surface area is 163 Å². The fourth-order valence-corrected chi connectivity index (χ4v) is 3.68. The van der Waals surface area contributed by atoms with Crippen LogP contribution in [-0.2, 0) is 11.3 Å². The van der Waals surface area contributed by atoms with Gasteiger partial charge in [0.2, 0.25) is 0 Å². The lowest BCUT2D eigenvalue weighted by Crippen LogP contribution is -2.48. The summed E-state index contributed by atoms with van der Waals surface area (Å²) in [4.78, 5) is 30.4. The predicted octanol–water partition coefficient (Wildman–Crippen LogP) is 2.21. The average Bonchev–Trinajstić information content (AvgIpc) is 3.28. The van der Waals surface area contributed by atoms with Gasteiger partial charge < -0.3 is 14.2 Å². The molecule has 8 nitrogen and oxygen atoms in total. The molecule has 2 aromatic rings. The second-order valence-corrected chi connectivity index (χ2v) is 7.19. The topological polar surface area (TPSA) is 79.1 Å². The Morgan fingerprint density at radius 1 is 1.14 bits per heavy atom. The van der Waals surface area contributed by atoms with E-state index in [1.54, 1.807) is 17.0 Å². The molecule has 1 aromatic heterocycles. The van der Waals surface area contributed by atoms with Crippen LogP contribution in [0.4, 0.5) is 10.5 Å². The second-order valence-electron chi connectivity index (χ2n) is 7.19. The summed E-state index contributed by atoms with van der Waals surface area (Å²) in [7, 11) is 0. The van der Waals surface area contributed by atoms with E-state index < -0.39 is 0 Å². The summed E-state index contributed by atoms with van der Waals surface area (Å²) in [6, 6.07) is 7.20. The molecule has 4 rings (SSSR count). The number of carbonyl (C=O) groups is 2. The Morgan fingerprint density at radius 2 is 1.93 bits per heavy atom. The first-order valence-electron chi connectivity index (χ1n) is 9.50. The first kappa shape index (κ1) is 18.5. The molecule has 2 aliphatic rings. The maximum atomic E-state index is 12.9. The number of nitrogens with zero attached hydrogens (tertiary/aromatic N) is 4. The van der Waals surface area contributed by atoms with Crippen LogP contribution in [0.15, 0.2) is 28.8 Å². The van der Waals surface area contributed by atoms with E-state index in [4.69, 9.17) is 9.26 Å². The van der Waals surface area contributed by atoms with E-state index in [-0.39, 0.29) is 12.0 Å². The molecule has 8 heteroatoms. The second kappa shape index (κ2) is 7.63. The van der Waals surface area contributed by atoms with Gasteiger partial charge in [-0.05, 0) is 32.0 Å². The van der Waals surface area contributed by atoms with Crippen molar-refractivity contribution in [2.45, 2.75) is 20.4 Å². The van der Waals surface area contributed by atoms with Gasteiger partial charge in [-0.2, -0.15) is 0 Å². The Hall–Kier alpha value is -2.87. The van der Waals surface area contributed by atoms with Gasteiger partial charge >= 0.3 is 6.09 Å². The van der Waals surface area contributed by atoms with Gasteiger partial charge in [-0.3, -0.25) is 14.6 Å². The molecule has 2 fully saturated rings. The minimum Gasteiger partial charge on any atom is -0.447 e. The van der Waals surface area contributed by atoms with Gasteiger partial charge in [-0.15, -0.1) is 0 Å². The highest BCUT2D eigenvalue weighted by molar-refractivity contribution is 5.97. The van der Waals surface area contributed by atoms with Crippen molar-refractivity contribution in [3.8, 4) is 0 Å². The first-order chi connectivity index (χ1) is 13.5. The number of piperazine rings is 1. The number of ether oxygens (including phenoxy) is 1. The lowest BCUT2D eigenvalue weighted by molar-refractivity contribution is 0.0627. The van der Waals surface area contributed by atoms with Crippen LogP contribution in [0.1, 0.15) is 27.4 Å². The lowest BCUT2D eigenvalue weighted by Gasteiger charge is -2.34. The van der Waals surface area contributed by atoms with Crippen molar-refractivity contribution in [2.24, 2.45) is 0 Å². The predicted molar refractivity (Wildman–Crippen MR) is 102 cm³/mol. The molecule has 148 valence electrons. The summed E-state index contributed by atoms with van der Waals surface area (Å²) in [5, 5.41) is 4.01. The van der Waals surface area contributed by atoms with Crippen LogP contribution in [0.2, 0.25) is 0 Å². The van der Waals surface area contributed by atoms with Gasteiger partial charge in [-0.1, -0.05) is 11.2 Å². The standard InChI is InChI=1S/C20H24N4O4/c1-14-18(15(2)28-21-14)13-22-6-8-23(9-7-22)19(25)16-4-3-5-17(12-16)24-10-11-27-20(24)26/h3-5,12H,6-11,13H2,1-2H3. The van der Waals surface area contributed by atoms with E-state index >= 15 is 0 Å².